The molecule has 0 saturated heterocycles. The number of amides is 1. The van der Waals surface area contributed by atoms with Crippen LogP contribution in [0.25, 0.3) is 0 Å². The van der Waals surface area contributed by atoms with Crippen LogP contribution in [-0.4, -0.2) is 21.9 Å². The van der Waals surface area contributed by atoms with E-state index in [1.165, 1.54) is 0 Å². The van der Waals surface area contributed by atoms with Gasteiger partial charge < -0.3 is 4.74 Å². The molecule has 124 valence electrons. The molecule has 0 bridgehead atoms. The Bertz CT molecular complexity index is 763. The highest BCUT2D eigenvalue weighted by molar-refractivity contribution is 7.86. The van der Waals surface area contributed by atoms with E-state index in [2.05, 4.69) is 11.8 Å². The van der Waals surface area contributed by atoms with Crippen LogP contribution >= 0.6 is 0 Å². The molecular formula is C18H17NO4S. The number of benzene rings is 2. The maximum atomic E-state index is 12.8. The molecular weight excluding hydrogens is 326 g/mol. The van der Waals surface area contributed by atoms with E-state index < -0.39 is 22.0 Å². The SMILES string of the molecule is CC#CCOc1ccc([S@](=O)[C@H](C(=O)NO)c2ccccc2)cc1. The van der Waals surface area contributed by atoms with Crippen LogP contribution < -0.4 is 10.2 Å². The van der Waals surface area contributed by atoms with E-state index in [0.29, 0.717) is 16.2 Å². The molecule has 2 aromatic rings. The Morgan fingerprint density at radius 3 is 2.46 bits per heavy atom. The van der Waals surface area contributed by atoms with Gasteiger partial charge in [0.15, 0.2) is 0 Å². The molecule has 2 aromatic carbocycles. The first kappa shape index (κ1) is 17.7. The zero-order valence-corrected chi connectivity index (χ0v) is 13.9. The van der Waals surface area contributed by atoms with E-state index in [9.17, 15) is 9.00 Å². The highest BCUT2D eigenvalue weighted by atomic mass is 32.2. The van der Waals surface area contributed by atoms with Gasteiger partial charge in [-0.1, -0.05) is 36.3 Å². The highest BCUT2D eigenvalue weighted by Crippen LogP contribution is 2.26. The number of hydrogen-bond donors (Lipinski definition) is 2. The lowest BCUT2D eigenvalue weighted by Gasteiger charge is -2.15. The summed E-state index contributed by atoms with van der Waals surface area (Å²) in [6, 6.07) is 15.3. The average molecular weight is 343 g/mol. The molecule has 2 atom stereocenters. The molecule has 24 heavy (non-hydrogen) atoms. The van der Waals surface area contributed by atoms with Crippen molar-refractivity contribution in [1.29, 1.82) is 0 Å². The Labute approximate surface area is 143 Å². The smallest absolute Gasteiger partial charge is 0.263 e. The van der Waals surface area contributed by atoms with Gasteiger partial charge in [0.2, 0.25) is 0 Å². The summed E-state index contributed by atoms with van der Waals surface area (Å²) in [5.74, 6) is 5.39. The number of carbonyl (C=O) groups is 1. The summed E-state index contributed by atoms with van der Waals surface area (Å²) in [5.41, 5.74) is 2.14. The van der Waals surface area contributed by atoms with Crippen LogP contribution in [0.15, 0.2) is 59.5 Å². The van der Waals surface area contributed by atoms with E-state index in [0.717, 1.165) is 0 Å². The second-order valence-electron chi connectivity index (χ2n) is 4.75. The van der Waals surface area contributed by atoms with Crippen molar-refractivity contribution in [2.24, 2.45) is 0 Å². The van der Waals surface area contributed by atoms with Gasteiger partial charge in [-0.3, -0.25) is 14.2 Å². The average Bonchev–Trinajstić information content (AvgIpc) is 2.63. The molecule has 0 unspecified atom stereocenters. The van der Waals surface area contributed by atoms with E-state index in [-0.39, 0.29) is 6.61 Å². The van der Waals surface area contributed by atoms with E-state index in [4.69, 9.17) is 9.94 Å². The van der Waals surface area contributed by atoms with Crippen molar-refractivity contribution in [3.8, 4) is 17.6 Å². The largest absolute Gasteiger partial charge is 0.481 e. The molecule has 0 spiro atoms. The van der Waals surface area contributed by atoms with Crippen LogP contribution in [0, 0.1) is 11.8 Å². The molecule has 0 saturated carbocycles. The van der Waals surface area contributed by atoms with Crippen LogP contribution in [0.2, 0.25) is 0 Å². The summed E-state index contributed by atoms with van der Waals surface area (Å²) < 4.78 is 18.2. The third-order valence-corrected chi connectivity index (χ3v) is 4.86. The standard InChI is InChI=1S/C18H17NO4S/c1-2-3-13-23-15-9-11-16(12-10-15)24(22)17(18(20)19-21)14-7-5-4-6-8-14/h4-12,17,21H,13H2,1H3,(H,19,20)/t17-,24-/m0/s1. The number of hydroxylamine groups is 1. The number of ether oxygens (including phenoxy) is 1. The van der Waals surface area contributed by atoms with Gasteiger partial charge >= 0.3 is 0 Å². The number of carbonyl (C=O) groups excluding carboxylic acids is 1. The molecule has 5 nitrogen and oxygen atoms in total. The minimum absolute atomic E-state index is 0.276. The van der Waals surface area contributed by atoms with Gasteiger partial charge in [0.1, 0.15) is 17.6 Å². The predicted octanol–water partition coefficient (Wildman–Crippen LogP) is 2.44. The van der Waals surface area contributed by atoms with Crippen molar-refractivity contribution in [3.05, 3.63) is 60.2 Å². The van der Waals surface area contributed by atoms with Gasteiger partial charge in [-0.15, -0.1) is 5.92 Å². The molecule has 6 heteroatoms. The highest BCUT2D eigenvalue weighted by Gasteiger charge is 2.28. The lowest BCUT2D eigenvalue weighted by Crippen LogP contribution is -2.29. The number of hydrogen-bond acceptors (Lipinski definition) is 4. The van der Waals surface area contributed by atoms with Crippen molar-refractivity contribution in [3.63, 3.8) is 0 Å². The van der Waals surface area contributed by atoms with Crippen LogP contribution in [0.3, 0.4) is 0 Å². The Morgan fingerprint density at radius 2 is 1.88 bits per heavy atom. The first-order chi connectivity index (χ1) is 11.7. The van der Waals surface area contributed by atoms with Crippen molar-refractivity contribution < 1.29 is 18.9 Å². The van der Waals surface area contributed by atoms with E-state index in [1.807, 2.05) is 0 Å². The summed E-state index contributed by atoms with van der Waals surface area (Å²) >= 11 is 0. The van der Waals surface area contributed by atoms with Crippen LogP contribution in [0.4, 0.5) is 0 Å². The molecule has 2 N–H and O–H groups in total. The third-order valence-electron chi connectivity index (χ3n) is 3.21. The minimum Gasteiger partial charge on any atom is -0.481 e. The molecule has 0 fully saturated rings. The maximum absolute atomic E-state index is 12.8. The van der Waals surface area contributed by atoms with Crippen molar-refractivity contribution in [2.75, 3.05) is 6.61 Å². The topological polar surface area (TPSA) is 75.6 Å². The summed E-state index contributed by atoms with van der Waals surface area (Å²) in [6.07, 6.45) is 0. The maximum Gasteiger partial charge on any atom is 0.263 e. The molecule has 2 rings (SSSR count). The molecule has 0 aliphatic heterocycles. The van der Waals surface area contributed by atoms with Gasteiger partial charge in [0, 0.05) is 4.90 Å². The van der Waals surface area contributed by atoms with Crippen LogP contribution in [0.5, 0.6) is 5.75 Å². The van der Waals surface area contributed by atoms with Gasteiger partial charge in [-0.25, -0.2) is 5.48 Å². The predicted molar refractivity (Wildman–Crippen MR) is 90.9 cm³/mol. The second-order valence-corrected chi connectivity index (χ2v) is 6.29. The molecule has 0 heterocycles. The zero-order valence-electron chi connectivity index (χ0n) is 13.1. The normalized spacial score (nSPS) is 12.4. The number of rotatable bonds is 6. The zero-order chi connectivity index (χ0) is 17.4. The van der Waals surface area contributed by atoms with Crippen molar-refractivity contribution in [1.82, 2.24) is 5.48 Å². The van der Waals surface area contributed by atoms with Crippen LogP contribution in [0.1, 0.15) is 17.7 Å². The van der Waals surface area contributed by atoms with E-state index in [1.54, 1.807) is 67.0 Å². The first-order valence-electron chi connectivity index (χ1n) is 7.19. The fourth-order valence-electron chi connectivity index (χ4n) is 2.06. The fraction of sp³-hybridized carbons (Fsp3) is 0.167. The third kappa shape index (κ3) is 4.44. The second kappa shape index (κ2) is 8.87. The minimum atomic E-state index is -1.67. The van der Waals surface area contributed by atoms with Gasteiger partial charge in [-0.05, 0) is 36.8 Å². The quantitative estimate of drug-likeness (QED) is 0.480. The number of nitrogens with one attached hydrogen (secondary N) is 1. The fourth-order valence-corrected chi connectivity index (χ4v) is 3.38. The van der Waals surface area contributed by atoms with Gasteiger partial charge in [0.05, 0.1) is 10.8 Å². The molecule has 0 aliphatic rings. The summed E-state index contributed by atoms with van der Waals surface area (Å²) in [6.45, 7) is 2.00. The molecule has 0 aliphatic carbocycles. The van der Waals surface area contributed by atoms with Crippen molar-refractivity contribution >= 4 is 16.7 Å². The lowest BCUT2D eigenvalue weighted by molar-refractivity contribution is -0.128. The molecule has 0 aromatic heterocycles. The summed E-state index contributed by atoms with van der Waals surface area (Å²) in [5, 5.41) is 7.95. The van der Waals surface area contributed by atoms with Gasteiger partial charge in [0.25, 0.3) is 5.91 Å². The van der Waals surface area contributed by atoms with E-state index >= 15 is 0 Å². The molecule has 1 amide bonds. The lowest BCUT2D eigenvalue weighted by atomic mass is 10.1. The Hall–Kier alpha value is -2.62. The first-order valence-corrected chi connectivity index (χ1v) is 8.40. The Kier molecular flexibility index (Phi) is 6.55. The monoisotopic (exact) mass is 343 g/mol. The summed E-state index contributed by atoms with van der Waals surface area (Å²) in [7, 11) is -1.67. The Morgan fingerprint density at radius 1 is 1.21 bits per heavy atom. The van der Waals surface area contributed by atoms with Crippen molar-refractivity contribution in [2.45, 2.75) is 17.1 Å². The molecule has 0 radical (unpaired) electrons. The van der Waals surface area contributed by atoms with Gasteiger partial charge in [-0.2, -0.15) is 0 Å². The van der Waals surface area contributed by atoms with Crippen LogP contribution in [-0.2, 0) is 15.6 Å². The Balaban J connectivity index is 2.23. The summed E-state index contributed by atoms with van der Waals surface area (Å²) in [4.78, 5) is 12.4.